The van der Waals surface area contributed by atoms with E-state index in [4.69, 9.17) is 5.73 Å². The summed E-state index contributed by atoms with van der Waals surface area (Å²) in [7, 11) is -3.24. The van der Waals surface area contributed by atoms with Crippen LogP contribution in [-0.4, -0.2) is 36.6 Å². The van der Waals surface area contributed by atoms with Crippen molar-refractivity contribution in [1.82, 2.24) is 4.31 Å². The third kappa shape index (κ3) is 2.41. The van der Waals surface area contributed by atoms with Gasteiger partial charge in [-0.3, -0.25) is 0 Å². The number of nitrogens with zero attached hydrogens (tertiary/aromatic N) is 1. The molecule has 2 N–H and O–H groups in total. The highest BCUT2D eigenvalue weighted by Gasteiger charge is 2.41. The largest absolute Gasteiger partial charge is 0.329 e. The third-order valence-corrected chi connectivity index (χ3v) is 6.01. The van der Waals surface area contributed by atoms with E-state index in [1.807, 2.05) is 0 Å². The van der Waals surface area contributed by atoms with Crippen molar-refractivity contribution in [2.45, 2.75) is 51.3 Å². The van der Waals surface area contributed by atoms with Gasteiger partial charge in [-0.25, -0.2) is 8.42 Å². The second-order valence-electron chi connectivity index (χ2n) is 5.65. The predicted molar refractivity (Wildman–Crippen MR) is 66.6 cm³/mol. The molecule has 0 spiro atoms. The molecule has 0 saturated carbocycles. The molecular weight excluding hydrogens is 224 g/mol. The summed E-state index contributed by atoms with van der Waals surface area (Å²) in [5.74, 6) is 0.357. The van der Waals surface area contributed by atoms with Crippen molar-refractivity contribution in [3.63, 3.8) is 0 Å². The van der Waals surface area contributed by atoms with Crippen molar-refractivity contribution in [3.05, 3.63) is 0 Å². The Kier molecular flexibility index (Phi) is 4.03. The summed E-state index contributed by atoms with van der Waals surface area (Å²) in [6.07, 6.45) is 2.00. The Morgan fingerprint density at radius 1 is 1.38 bits per heavy atom. The molecule has 0 aliphatic carbocycles. The van der Waals surface area contributed by atoms with Crippen molar-refractivity contribution < 1.29 is 8.42 Å². The van der Waals surface area contributed by atoms with Gasteiger partial charge < -0.3 is 5.73 Å². The fourth-order valence-corrected chi connectivity index (χ4v) is 3.93. The van der Waals surface area contributed by atoms with Crippen molar-refractivity contribution in [2.75, 3.05) is 13.1 Å². The number of hydrogen-bond acceptors (Lipinski definition) is 3. The predicted octanol–water partition coefficient (Wildman–Crippen LogP) is 1.17. The monoisotopic (exact) mass is 248 g/mol. The average molecular weight is 248 g/mol. The third-order valence-electron chi connectivity index (χ3n) is 3.39. The van der Waals surface area contributed by atoms with E-state index in [1.165, 1.54) is 0 Å². The smallest absolute Gasteiger partial charge is 0.219 e. The van der Waals surface area contributed by atoms with Gasteiger partial charge in [0, 0.05) is 19.1 Å². The summed E-state index contributed by atoms with van der Waals surface area (Å²) < 4.78 is 25.7. The fraction of sp³-hybridized carbons (Fsp3) is 1.00. The minimum atomic E-state index is -3.24. The second-order valence-corrected chi connectivity index (χ2v) is 8.29. The van der Waals surface area contributed by atoms with Crippen LogP contribution in [-0.2, 0) is 10.0 Å². The number of nitrogens with two attached hydrogens (primary N) is 1. The highest BCUT2D eigenvalue weighted by atomic mass is 32.2. The maximum Gasteiger partial charge on any atom is 0.219 e. The van der Waals surface area contributed by atoms with Crippen LogP contribution in [0.25, 0.3) is 0 Å². The van der Waals surface area contributed by atoms with E-state index in [0.717, 1.165) is 12.8 Å². The summed E-state index contributed by atoms with van der Waals surface area (Å²) in [4.78, 5) is 0. The van der Waals surface area contributed by atoms with Gasteiger partial charge >= 0.3 is 0 Å². The van der Waals surface area contributed by atoms with Crippen molar-refractivity contribution in [2.24, 2.45) is 11.7 Å². The van der Waals surface area contributed by atoms with Crippen molar-refractivity contribution in [3.8, 4) is 0 Å². The molecule has 0 amide bonds. The Morgan fingerprint density at radius 2 is 1.94 bits per heavy atom. The van der Waals surface area contributed by atoms with Gasteiger partial charge in [0.15, 0.2) is 0 Å². The topological polar surface area (TPSA) is 63.4 Å². The first kappa shape index (κ1) is 13.9. The Bertz CT molecular complexity index is 332. The van der Waals surface area contributed by atoms with E-state index in [2.05, 4.69) is 6.92 Å². The zero-order valence-electron chi connectivity index (χ0n) is 10.7. The summed E-state index contributed by atoms with van der Waals surface area (Å²) >= 11 is 0. The van der Waals surface area contributed by atoms with E-state index in [0.29, 0.717) is 19.0 Å². The first-order chi connectivity index (χ1) is 7.21. The van der Waals surface area contributed by atoms with Crippen LogP contribution in [0.1, 0.15) is 40.5 Å². The van der Waals surface area contributed by atoms with E-state index in [9.17, 15) is 8.42 Å². The lowest BCUT2D eigenvalue weighted by atomic mass is 9.93. The van der Waals surface area contributed by atoms with Crippen LogP contribution in [0, 0.1) is 5.92 Å². The number of piperidine rings is 1. The molecule has 0 aromatic carbocycles. The molecule has 0 radical (unpaired) electrons. The molecule has 0 bridgehead atoms. The molecule has 2 unspecified atom stereocenters. The van der Waals surface area contributed by atoms with Crippen LogP contribution in [0.15, 0.2) is 0 Å². The van der Waals surface area contributed by atoms with Gasteiger partial charge in [0.2, 0.25) is 10.0 Å². The molecule has 1 aliphatic heterocycles. The molecular formula is C11H24N2O2S. The maximum atomic E-state index is 12.4. The lowest BCUT2D eigenvalue weighted by Crippen LogP contribution is -2.55. The minimum Gasteiger partial charge on any atom is -0.329 e. The van der Waals surface area contributed by atoms with E-state index in [1.54, 1.807) is 25.1 Å². The SMILES string of the molecule is CC1CCCN(S(=O)(=O)C(C)(C)C)C1CN. The maximum absolute atomic E-state index is 12.4. The minimum absolute atomic E-state index is 0.0297. The van der Waals surface area contributed by atoms with Crippen LogP contribution >= 0.6 is 0 Å². The molecule has 1 rings (SSSR count). The molecule has 96 valence electrons. The normalized spacial score (nSPS) is 29.3. The average Bonchev–Trinajstić information content (AvgIpc) is 2.15. The highest BCUT2D eigenvalue weighted by Crippen LogP contribution is 2.30. The second kappa shape index (κ2) is 4.63. The Labute approximate surface area is 99.2 Å². The number of hydrogen-bond donors (Lipinski definition) is 1. The molecule has 1 heterocycles. The van der Waals surface area contributed by atoms with Crippen LogP contribution in [0.5, 0.6) is 0 Å². The number of sulfonamides is 1. The first-order valence-corrected chi connectivity index (χ1v) is 7.37. The Balaban J connectivity index is 3.02. The first-order valence-electron chi connectivity index (χ1n) is 5.93. The molecule has 1 saturated heterocycles. The van der Waals surface area contributed by atoms with Gasteiger partial charge in [0.1, 0.15) is 0 Å². The standard InChI is InChI=1S/C11H24N2O2S/c1-9-6-5-7-13(10(9)8-12)16(14,15)11(2,3)4/h9-10H,5-8,12H2,1-4H3. The van der Waals surface area contributed by atoms with Gasteiger partial charge in [0.25, 0.3) is 0 Å². The van der Waals surface area contributed by atoms with Crippen LogP contribution in [0.2, 0.25) is 0 Å². The number of rotatable bonds is 2. The summed E-state index contributed by atoms with van der Waals surface area (Å²) in [5, 5.41) is 0. The quantitative estimate of drug-likeness (QED) is 0.798. The molecule has 2 atom stereocenters. The molecule has 0 aromatic rings. The van der Waals surface area contributed by atoms with Gasteiger partial charge in [0.05, 0.1) is 4.75 Å². The summed E-state index contributed by atoms with van der Waals surface area (Å²) in [6, 6.07) is -0.0297. The molecule has 4 nitrogen and oxygen atoms in total. The van der Waals surface area contributed by atoms with Gasteiger partial charge in [-0.2, -0.15) is 4.31 Å². The van der Waals surface area contributed by atoms with Crippen LogP contribution in [0.4, 0.5) is 0 Å². The summed E-state index contributed by atoms with van der Waals surface area (Å²) in [5.41, 5.74) is 5.72. The molecule has 5 heteroatoms. The van der Waals surface area contributed by atoms with Crippen LogP contribution < -0.4 is 5.73 Å². The molecule has 1 fully saturated rings. The van der Waals surface area contributed by atoms with Crippen molar-refractivity contribution in [1.29, 1.82) is 0 Å². The molecule has 1 aliphatic rings. The zero-order valence-corrected chi connectivity index (χ0v) is 11.5. The lowest BCUT2D eigenvalue weighted by molar-refractivity contribution is 0.189. The van der Waals surface area contributed by atoms with E-state index >= 15 is 0 Å². The van der Waals surface area contributed by atoms with Gasteiger partial charge in [-0.15, -0.1) is 0 Å². The Hall–Kier alpha value is -0.130. The fourth-order valence-electron chi connectivity index (χ4n) is 2.21. The highest BCUT2D eigenvalue weighted by molar-refractivity contribution is 7.90. The lowest BCUT2D eigenvalue weighted by Gasteiger charge is -2.41. The summed E-state index contributed by atoms with van der Waals surface area (Å²) in [6.45, 7) is 8.35. The molecule has 16 heavy (non-hydrogen) atoms. The van der Waals surface area contributed by atoms with E-state index in [-0.39, 0.29) is 6.04 Å². The zero-order chi connectivity index (χ0) is 12.6. The van der Waals surface area contributed by atoms with Crippen LogP contribution in [0.3, 0.4) is 0 Å². The van der Waals surface area contributed by atoms with E-state index < -0.39 is 14.8 Å². The Morgan fingerprint density at radius 3 is 2.38 bits per heavy atom. The van der Waals surface area contributed by atoms with Gasteiger partial charge in [-0.1, -0.05) is 6.92 Å². The van der Waals surface area contributed by atoms with Gasteiger partial charge in [-0.05, 0) is 39.5 Å². The molecule has 0 aromatic heterocycles. The van der Waals surface area contributed by atoms with Crippen molar-refractivity contribution >= 4 is 10.0 Å².